The number of nitrogens with two attached hydrogens (primary N) is 1. The van der Waals surface area contributed by atoms with E-state index < -0.39 is 6.10 Å². The monoisotopic (exact) mass is 223 g/mol. The number of aromatic hydroxyl groups is 1. The van der Waals surface area contributed by atoms with Gasteiger partial charge < -0.3 is 15.9 Å². The van der Waals surface area contributed by atoms with Gasteiger partial charge in [0.1, 0.15) is 5.75 Å². The van der Waals surface area contributed by atoms with Crippen LogP contribution in [0.2, 0.25) is 0 Å². The molecule has 16 heavy (non-hydrogen) atoms. The fourth-order valence-electron chi connectivity index (χ4n) is 1.58. The van der Waals surface area contributed by atoms with E-state index in [1.165, 1.54) is 0 Å². The number of hydrogen-bond acceptors (Lipinski definition) is 3. The quantitative estimate of drug-likeness (QED) is 0.730. The van der Waals surface area contributed by atoms with Crippen molar-refractivity contribution in [3.8, 4) is 5.75 Å². The van der Waals surface area contributed by atoms with Gasteiger partial charge in [0.25, 0.3) is 0 Å². The lowest BCUT2D eigenvalue weighted by Gasteiger charge is -2.31. The van der Waals surface area contributed by atoms with Gasteiger partial charge in [-0.05, 0) is 29.5 Å². The van der Waals surface area contributed by atoms with Gasteiger partial charge in [0.2, 0.25) is 0 Å². The summed E-state index contributed by atoms with van der Waals surface area (Å²) in [5.41, 5.74) is 6.83. The van der Waals surface area contributed by atoms with Gasteiger partial charge in [0, 0.05) is 6.04 Å². The second-order valence-electron chi connectivity index (χ2n) is 5.33. The number of phenols is 1. The molecule has 0 spiro atoms. The third kappa shape index (κ3) is 3.51. The van der Waals surface area contributed by atoms with Crippen LogP contribution in [0.25, 0.3) is 0 Å². The van der Waals surface area contributed by atoms with Crippen molar-refractivity contribution in [2.45, 2.75) is 39.3 Å². The smallest absolute Gasteiger partial charge is 0.115 e. The van der Waals surface area contributed by atoms with Gasteiger partial charge in [-0.25, -0.2) is 0 Å². The molecule has 0 aliphatic heterocycles. The fourth-order valence-corrected chi connectivity index (χ4v) is 1.58. The normalized spacial score (nSPS) is 15.8. The van der Waals surface area contributed by atoms with Crippen molar-refractivity contribution in [2.24, 2.45) is 11.1 Å². The van der Waals surface area contributed by atoms with Gasteiger partial charge in [0.15, 0.2) is 0 Å². The summed E-state index contributed by atoms with van der Waals surface area (Å²) >= 11 is 0. The van der Waals surface area contributed by atoms with Crippen LogP contribution in [-0.2, 0) is 6.42 Å². The highest BCUT2D eigenvalue weighted by Gasteiger charge is 2.27. The zero-order chi connectivity index (χ0) is 12.3. The van der Waals surface area contributed by atoms with Gasteiger partial charge in [-0.3, -0.25) is 0 Å². The molecule has 2 unspecified atom stereocenters. The van der Waals surface area contributed by atoms with Crippen LogP contribution < -0.4 is 5.73 Å². The standard InChI is InChI=1S/C13H21NO2/c1-13(2,3)12(14)11(16)8-9-4-6-10(15)7-5-9/h4-7,11-12,15-16H,8,14H2,1-3H3. The zero-order valence-corrected chi connectivity index (χ0v) is 10.1. The van der Waals surface area contributed by atoms with Gasteiger partial charge in [-0.2, -0.15) is 0 Å². The van der Waals surface area contributed by atoms with E-state index in [1.807, 2.05) is 20.8 Å². The van der Waals surface area contributed by atoms with Gasteiger partial charge >= 0.3 is 0 Å². The number of aliphatic hydroxyl groups is 1. The molecule has 1 aromatic carbocycles. The molecular weight excluding hydrogens is 202 g/mol. The molecule has 1 aromatic rings. The van der Waals surface area contributed by atoms with E-state index >= 15 is 0 Å². The minimum atomic E-state index is -0.565. The number of rotatable bonds is 3. The van der Waals surface area contributed by atoms with Crippen LogP contribution in [0.4, 0.5) is 0 Å². The molecular formula is C13H21NO2. The molecule has 0 bridgehead atoms. The van der Waals surface area contributed by atoms with Crippen LogP contribution in [0.5, 0.6) is 5.75 Å². The summed E-state index contributed by atoms with van der Waals surface area (Å²) in [5.74, 6) is 0.235. The Balaban J connectivity index is 2.64. The second-order valence-corrected chi connectivity index (χ2v) is 5.33. The summed E-state index contributed by atoms with van der Waals surface area (Å²) in [4.78, 5) is 0. The zero-order valence-electron chi connectivity index (χ0n) is 10.1. The summed E-state index contributed by atoms with van der Waals surface area (Å²) in [6.07, 6.45) is -0.0526. The minimum Gasteiger partial charge on any atom is -0.508 e. The van der Waals surface area contributed by atoms with E-state index in [9.17, 15) is 5.11 Å². The average Bonchev–Trinajstić information content (AvgIpc) is 2.19. The van der Waals surface area contributed by atoms with Gasteiger partial charge in [-0.1, -0.05) is 32.9 Å². The van der Waals surface area contributed by atoms with Crippen LogP contribution in [0.15, 0.2) is 24.3 Å². The molecule has 0 aromatic heterocycles. The van der Waals surface area contributed by atoms with Crippen molar-refractivity contribution in [3.05, 3.63) is 29.8 Å². The van der Waals surface area contributed by atoms with E-state index in [0.717, 1.165) is 5.56 Å². The Bertz CT molecular complexity index is 327. The Morgan fingerprint density at radius 3 is 2.12 bits per heavy atom. The summed E-state index contributed by atoms with van der Waals surface area (Å²) in [5, 5.41) is 19.1. The van der Waals surface area contributed by atoms with E-state index in [0.29, 0.717) is 6.42 Å². The average molecular weight is 223 g/mol. The number of aliphatic hydroxyl groups excluding tert-OH is 1. The maximum absolute atomic E-state index is 9.99. The number of hydrogen-bond donors (Lipinski definition) is 3. The summed E-state index contributed by atoms with van der Waals surface area (Å²) in [6.45, 7) is 6.03. The largest absolute Gasteiger partial charge is 0.508 e. The van der Waals surface area contributed by atoms with Crippen LogP contribution in [0, 0.1) is 5.41 Å². The highest BCUT2D eigenvalue weighted by atomic mass is 16.3. The van der Waals surface area contributed by atoms with Crippen LogP contribution >= 0.6 is 0 Å². The summed E-state index contributed by atoms with van der Waals surface area (Å²) in [7, 11) is 0. The highest BCUT2D eigenvalue weighted by molar-refractivity contribution is 5.26. The lowest BCUT2D eigenvalue weighted by molar-refractivity contribution is 0.0926. The molecule has 4 N–H and O–H groups in total. The molecule has 0 aliphatic rings. The van der Waals surface area contributed by atoms with Gasteiger partial charge in [0.05, 0.1) is 6.10 Å². The summed E-state index contributed by atoms with van der Waals surface area (Å²) in [6, 6.07) is 6.57. The molecule has 0 saturated carbocycles. The van der Waals surface area contributed by atoms with E-state index in [4.69, 9.17) is 10.8 Å². The lowest BCUT2D eigenvalue weighted by atomic mass is 9.82. The van der Waals surface area contributed by atoms with Crippen molar-refractivity contribution in [2.75, 3.05) is 0 Å². The highest BCUT2D eigenvalue weighted by Crippen LogP contribution is 2.22. The molecule has 0 amide bonds. The van der Waals surface area contributed by atoms with Crippen molar-refractivity contribution in [1.82, 2.24) is 0 Å². The van der Waals surface area contributed by atoms with Gasteiger partial charge in [-0.15, -0.1) is 0 Å². The lowest BCUT2D eigenvalue weighted by Crippen LogP contribution is -2.46. The molecule has 0 saturated heterocycles. The maximum atomic E-state index is 9.99. The first-order valence-corrected chi connectivity index (χ1v) is 5.52. The third-order valence-corrected chi connectivity index (χ3v) is 2.80. The van der Waals surface area contributed by atoms with Crippen molar-refractivity contribution in [1.29, 1.82) is 0 Å². The van der Waals surface area contributed by atoms with Crippen LogP contribution in [-0.4, -0.2) is 22.4 Å². The van der Waals surface area contributed by atoms with Crippen molar-refractivity contribution >= 4 is 0 Å². The SMILES string of the molecule is CC(C)(C)C(N)C(O)Cc1ccc(O)cc1. The van der Waals surface area contributed by atoms with E-state index in [-0.39, 0.29) is 17.2 Å². The maximum Gasteiger partial charge on any atom is 0.115 e. The fraction of sp³-hybridized carbons (Fsp3) is 0.538. The molecule has 90 valence electrons. The molecule has 1 rings (SSSR count). The van der Waals surface area contributed by atoms with E-state index in [2.05, 4.69) is 0 Å². The third-order valence-electron chi connectivity index (χ3n) is 2.80. The molecule has 0 heterocycles. The predicted molar refractivity (Wildman–Crippen MR) is 65.2 cm³/mol. The van der Waals surface area contributed by atoms with E-state index in [1.54, 1.807) is 24.3 Å². The molecule has 0 radical (unpaired) electrons. The second kappa shape index (κ2) is 4.85. The van der Waals surface area contributed by atoms with Crippen LogP contribution in [0.1, 0.15) is 26.3 Å². The Labute approximate surface area is 96.9 Å². The Hall–Kier alpha value is -1.06. The number of phenolic OH excluding ortho intramolecular Hbond substituents is 1. The Morgan fingerprint density at radius 2 is 1.69 bits per heavy atom. The molecule has 0 aliphatic carbocycles. The Morgan fingerprint density at radius 1 is 1.19 bits per heavy atom. The van der Waals surface area contributed by atoms with Crippen molar-refractivity contribution < 1.29 is 10.2 Å². The number of benzene rings is 1. The van der Waals surface area contributed by atoms with Crippen LogP contribution in [0.3, 0.4) is 0 Å². The first kappa shape index (κ1) is 13.0. The topological polar surface area (TPSA) is 66.5 Å². The molecule has 3 nitrogen and oxygen atoms in total. The predicted octanol–water partition coefficient (Wildman–Crippen LogP) is 1.67. The molecule has 3 heteroatoms. The first-order chi connectivity index (χ1) is 7.30. The molecule has 0 fully saturated rings. The first-order valence-electron chi connectivity index (χ1n) is 5.52. The molecule has 2 atom stereocenters. The van der Waals surface area contributed by atoms with Crippen molar-refractivity contribution in [3.63, 3.8) is 0 Å². The Kier molecular flexibility index (Phi) is 3.94. The minimum absolute atomic E-state index is 0.115. The summed E-state index contributed by atoms with van der Waals surface area (Å²) < 4.78 is 0.